The van der Waals surface area contributed by atoms with Crippen LogP contribution in [0.4, 0.5) is 0 Å². The summed E-state index contributed by atoms with van der Waals surface area (Å²) in [5.74, 6) is 0.757. The molecule has 2 rings (SSSR count). The van der Waals surface area contributed by atoms with E-state index in [4.69, 9.17) is 0 Å². The van der Waals surface area contributed by atoms with Crippen LogP contribution in [0.25, 0.3) is 0 Å². The van der Waals surface area contributed by atoms with E-state index in [0.717, 1.165) is 36.4 Å². The van der Waals surface area contributed by atoms with Gasteiger partial charge in [0, 0.05) is 11.9 Å². The average Bonchev–Trinajstić information content (AvgIpc) is 2.63. The number of aliphatic imine (C=N–C) groups is 1. The van der Waals surface area contributed by atoms with Crippen molar-refractivity contribution in [2.75, 3.05) is 0 Å². The van der Waals surface area contributed by atoms with E-state index in [1.54, 1.807) is 10.9 Å². The SMILES string of the molecule is CCC1=C(C)N=C(n2cc(C=O)c(C)n2)C=CC1. The predicted molar refractivity (Wildman–Crippen MR) is 71.9 cm³/mol. The fourth-order valence-electron chi connectivity index (χ4n) is 1.98. The van der Waals surface area contributed by atoms with Crippen molar-refractivity contribution < 1.29 is 4.79 Å². The third-order valence-electron chi connectivity index (χ3n) is 3.15. The number of aldehydes is 1. The van der Waals surface area contributed by atoms with Gasteiger partial charge in [0.15, 0.2) is 12.1 Å². The summed E-state index contributed by atoms with van der Waals surface area (Å²) in [4.78, 5) is 15.4. The lowest BCUT2D eigenvalue weighted by atomic mass is 10.1. The molecule has 0 unspecified atom stereocenters. The molecule has 0 amide bonds. The summed E-state index contributed by atoms with van der Waals surface area (Å²) >= 11 is 0. The molecule has 18 heavy (non-hydrogen) atoms. The molecule has 4 heteroatoms. The highest BCUT2D eigenvalue weighted by Crippen LogP contribution is 2.18. The fourth-order valence-corrected chi connectivity index (χ4v) is 1.98. The maximum absolute atomic E-state index is 10.8. The number of aromatic nitrogens is 2. The molecule has 1 aromatic rings. The lowest BCUT2D eigenvalue weighted by Crippen LogP contribution is -2.09. The van der Waals surface area contributed by atoms with E-state index < -0.39 is 0 Å². The maximum atomic E-state index is 10.8. The summed E-state index contributed by atoms with van der Waals surface area (Å²) in [5.41, 5.74) is 3.70. The monoisotopic (exact) mass is 243 g/mol. The number of hydrogen-bond donors (Lipinski definition) is 0. The highest BCUT2D eigenvalue weighted by molar-refractivity contribution is 5.96. The molecule has 0 aromatic carbocycles. The van der Waals surface area contributed by atoms with E-state index in [-0.39, 0.29) is 0 Å². The second kappa shape index (κ2) is 5.12. The minimum Gasteiger partial charge on any atom is -0.298 e. The van der Waals surface area contributed by atoms with Crippen LogP contribution in [0, 0.1) is 6.92 Å². The van der Waals surface area contributed by atoms with Crippen molar-refractivity contribution in [2.24, 2.45) is 4.99 Å². The van der Waals surface area contributed by atoms with Gasteiger partial charge in [0.2, 0.25) is 0 Å². The van der Waals surface area contributed by atoms with Gasteiger partial charge in [-0.05, 0) is 38.3 Å². The molecule has 0 aliphatic carbocycles. The van der Waals surface area contributed by atoms with Crippen molar-refractivity contribution in [3.63, 3.8) is 0 Å². The third kappa shape index (κ3) is 2.32. The van der Waals surface area contributed by atoms with Crippen molar-refractivity contribution in [3.05, 3.63) is 40.9 Å². The quantitative estimate of drug-likeness (QED) is 0.750. The number of hydrogen-bond acceptors (Lipinski definition) is 3. The molecule has 94 valence electrons. The Morgan fingerprint density at radius 3 is 2.83 bits per heavy atom. The largest absolute Gasteiger partial charge is 0.298 e. The van der Waals surface area contributed by atoms with Gasteiger partial charge in [0.25, 0.3) is 0 Å². The molecule has 1 aliphatic rings. The highest BCUT2D eigenvalue weighted by Gasteiger charge is 2.09. The van der Waals surface area contributed by atoms with Crippen LogP contribution in [0.3, 0.4) is 0 Å². The van der Waals surface area contributed by atoms with Crippen LogP contribution >= 0.6 is 0 Å². The van der Waals surface area contributed by atoms with Crippen LogP contribution in [0.1, 0.15) is 42.7 Å². The Hall–Kier alpha value is -1.97. The Labute approximate surface area is 107 Å². The Kier molecular flexibility index (Phi) is 3.55. The molecule has 0 saturated carbocycles. The summed E-state index contributed by atoms with van der Waals surface area (Å²) in [5, 5.41) is 4.31. The van der Waals surface area contributed by atoms with E-state index >= 15 is 0 Å². The van der Waals surface area contributed by atoms with Crippen molar-refractivity contribution in [3.8, 4) is 0 Å². The fraction of sp³-hybridized carbons (Fsp3) is 0.357. The molecule has 0 bridgehead atoms. The highest BCUT2D eigenvalue weighted by atomic mass is 16.1. The van der Waals surface area contributed by atoms with Gasteiger partial charge in [-0.25, -0.2) is 9.67 Å². The molecule has 1 aliphatic heterocycles. The number of carbonyl (C=O) groups is 1. The number of allylic oxidation sites excluding steroid dienone is 4. The number of rotatable bonds is 2. The summed E-state index contributed by atoms with van der Waals surface area (Å²) < 4.78 is 1.66. The summed E-state index contributed by atoms with van der Waals surface area (Å²) in [6.07, 6.45) is 8.51. The normalized spacial score (nSPS) is 15.6. The van der Waals surface area contributed by atoms with Gasteiger partial charge < -0.3 is 0 Å². The molecular formula is C14H17N3O. The van der Waals surface area contributed by atoms with Gasteiger partial charge in [0.05, 0.1) is 11.3 Å². The zero-order chi connectivity index (χ0) is 13.1. The zero-order valence-corrected chi connectivity index (χ0v) is 11.0. The minimum atomic E-state index is 0.604. The molecule has 0 radical (unpaired) electrons. The Balaban J connectivity index is 2.44. The van der Waals surface area contributed by atoms with Crippen LogP contribution in [0.5, 0.6) is 0 Å². The molecule has 0 N–H and O–H groups in total. The number of nitrogens with zero attached hydrogens (tertiary/aromatic N) is 3. The van der Waals surface area contributed by atoms with Crippen molar-refractivity contribution in [1.29, 1.82) is 0 Å². The lowest BCUT2D eigenvalue weighted by Gasteiger charge is -2.03. The Morgan fingerprint density at radius 2 is 2.22 bits per heavy atom. The standard InChI is InChI=1S/C14H17N3O/c1-4-12-6-5-7-14(15-10(12)2)17-8-13(9-18)11(3)16-17/h5,7-9H,4,6H2,1-3H3. The second-order valence-electron chi connectivity index (χ2n) is 4.35. The first-order valence-electron chi connectivity index (χ1n) is 6.11. The molecule has 1 aromatic heterocycles. The van der Waals surface area contributed by atoms with Crippen LogP contribution in [0.2, 0.25) is 0 Å². The van der Waals surface area contributed by atoms with E-state index in [1.165, 1.54) is 5.57 Å². The maximum Gasteiger partial charge on any atom is 0.153 e. The van der Waals surface area contributed by atoms with Crippen LogP contribution in [-0.2, 0) is 0 Å². The molecule has 0 atom stereocenters. The first-order chi connectivity index (χ1) is 8.65. The van der Waals surface area contributed by atoms with Crippen LogP contribution < -0.4 is 0 Å². The van der Waals surface area contributed by atoms with Gasteiger partial charge in [0.1, 0.15) is 0 Å². The summed E-state index contributed by atoms with van der Waals surface area (Å²) in [6.45, 7) is 5.97. The second-order valence-corrected chi connectivity index (χ2v) is 4.35. The van der Waals surface area contributed by atoms with Gasteiger partial charge >= 0.3 is 0 Å². The van der Waals surface area contributed by atoms with Gasteiger partial charge in [-0.3, -0.25) is 4.79 Å². The van der Waals surface area contributed by atoms with E-state index in [9.17, 15) is 4.79 Å². The van der Waals surface area contributed by atoms with Crippen LogP contribution in [0.15, 0.2) is 34.6 Å². The van der Waals surface area contributed by atoms with E-state index in [0.29, 0.717) is 5.56 Å². The van der Waals surface area contributed by atoms with Crippen molar-refractivity contribution in [1.82, 2.24) is 9.78 Å². The lowest BCUT2D eigenvalue weighted by molar-refractivity contribution is 0.112. The van der Waals surface area contributed by atoms with Crippen molar-refractivity contribution >= 4 is 12.1 Å². The van der Waals surface area contributed by atoms with Gasteiger partial charge in [-0.2, -0.15) is 5.10 Å². The van der Waals surface area contributed by atoms with E-state index in [1.807, 2.05) is 19.9 Å². The molecule has 0 spiro atoms. The molecule has 2 heterocycles. The van der Waals surface area contributed by atoms with Crippen molar-refractivity contribution in [2.45, 2.75) is 33.6 Å². The first kappa shape index (κ1) is 12.5. The van der Waals surface area contributed by atoms with Crippen LogP contribution in [-0.4, -0.2) is 21.9 Å². The Bertz CT molecular complexity index is 562. The average molecular weight is 243 g/mol. The molecule has 0 saturated heterocycles. The minimum absolute atomic E-state index is 0.604. The summed E-state index contributed by atoms with van der Waals surface area (Å²) in [6, 6.07) is 0. The molecule has 4 nitrogen and oxygen atoms in total. The molecular weight excluding hydrogens is 226 g/mol. The molecule has 0 fully saturated rings. The smallest absolute Gasteiger partial charge is 0.153 e. The zero-order valence-electron chi connectivity index (χ0n) is 11.0. The predicted octanol–water partition coefficient (Wildman–Crippen LogP) is 2.89. The number of carbonyl (C=O) groups excluding carboxylic acids is 1. The summed E-state index contributed by atoms with van der Waals surface area (Å²) in [7, 11) is 0. The third-order valence-corrected chi connectivity index (χ3v) is 3.15. The Morgan fingerprint density at radius 1 is 1.44 bits per heavy atom. The van der Waals surface area contributed by atoms with Gasteiger partial charge in [-0.1, -0.05) is 13.0 Å². The van der Waals surface area contributed by atoms with E-state index in [2.05, 4.69) is 23.1 Å². The van der Waals surface area contributed by atoms with Gasteiger partial charge in [-0.15, -0.1) is 0 Å². The topological polar surface area (TPSA) is 47.2 Å². The first-order valence-corrected chi connectivity index (χ1v) is 6.11. The number of aryl methyl sites for hydroxylation is 1.